The van der Waals surface area contributed by atoms with E-state index in [1.807, 2.05) is 67.6 Å². The molecule has 4 rings (SSSR count). The number of benzene rings is 2. The van der Waals surface area contributed by atoms with Crippen LogP contribution in [0.3, 0.4) is 0 Å². The summed E-state index contributed by atoms with van der Waals surface area (Å²) in [6.45, 7) is 4.23. The summed E-state index contributed by atoms with van der Waals surface area (Å²) in [5.41, 5.74) is 1.90. The fraction of sp³-hybridized carbons (Fsp3) is 0.484. The Kier molecular flexibility index (Phi) is 9.93. The van der Waals surface area contributed by atoms with E-state index in [0.717, 1.165) is 11.1 Å². The second kappa shape index (κ2) is 13.6. The standard InChI is InChI=1S/C31H41N5O4/c1-4-11-27(37)35-19-18-24-16-17-26(36(24)31(40)25(20-35)33-29(38)21(2)32-3)30(39)34-28(22-12-7-5-8-13-22)23-14-9-6-10-15-23/h5-10,12-15,21,24-26,28,32H,4,11,16-20H2,1-3H3,(H,33,38)(H,34,39)/t21-,24+,25-,26-/m0/s1. The fourth-order valence-corrected chi connectivity index (χ4v) is 5.65. The molecule has 0 aliphatic carbocycles. The number of likely N-dealkylation sites (N-methyl/N-ethyl adjacent to an activating group) is 1. The average molecular weight is 548 g/mol. The van der Waals surface area contributed by atoms with E-state index in [1.165, 1.54) is 0 Å². The van der Waals surface area contributed by atoms with Crippen molar-refractivity contribution in [3.63, 3.8) is 0 Å². The second-order valence-electron chi connectivity index (χ2n) is 10.7. The smallest absolute Gasteiger partial charge is 0.247 e. The second-order valence-corrected chi connectivity index (χ2v) is 10.7. The molecule has 0 spiro atoms. The number of fused-ring (bicyclic) bond motifs is 1. The molecule has 0 saturated carbocycles. The first-order chi connectivity index (χ1) is 19.3. The quantitative estimate of drug-likeness (QED) is 0.447. The Bertz CT molecular complexity index is 1140. The lowest BCUT2D eigenvalue weighted by Gasteiger charge is -2.39. The molecule has 0 aromatic heterocycles. The van der Waals surface area contributed by atoms with Crippen LogP contribution in [-0.4, -0.2) is 77.7 Å². The van der Waals surface area contributed by atoms with E-state index in [1.54, 1.807) is 23.8 Å². The van der Waals surface area contributed by atoms with E-state index in [2.05, 4.69) is 16.0 Å². The summed E-state index contributed by atoms with van der Waals surface area (Å²) in [7, 11) is 1.67. The van der Waals surface area contributed by atoms with Crippen molar-refractivity contribution in [2.45, 2.75) is 76.2 Å². The minimum absolute atomic E-state index is 0.0227. The van der Waals surface area contributed by atoms with Crippen molar-refractivity contribution in [1.29, 1.82) is 0 Å². The zero-order chi connectivity index (χ0) is 28.6. The lowest BCUT2D eigenvalue weighted by molar-refractivity contribution is -0.147. The van der Waals surface area contributed by atoms with E-state index in [-0.39, 0.29) is 42.3 Å². The van der Waals surface area contributed by atoms with Crippen LogP contribution in [0, 0.1) is 0 Å². The molecule has 9 heteroatoms. The van der Waals surface area contributed by atoms with Crippen LogP contribution in [0.15, 0.2) is 60.7 Å². The number of nitrogens with zero attached hydrogens (tertiary/aromatic N) is 2. The normalized spacial score (nSPS) is 21.8. The van der Waals surface area contributed by atoms with Crippen LogP contribution in [0.4, 0.5) is 0 Å². The van der Waals surface area contributed by atoms with Gasteiger partial charge >= 0.3 is 0 Å². The van der Waals surface area contributed by atoms with Gasteiger partial charge in [-0.25, -0.2) is 0 Å². The summed E-state index contributed by atoms with van der Waals surface area (Å²) in [6, 6.07) is 16.9. The Labute approximate surface area is 236 Å². The van der Waals surface area contributed by atoms with Crippen LogP contribution in [0.5, 0.6) is 0 Å². The Morgan fingerprint density at radius 3 is 2.15 bits per heavy atom. The van der Waals surface area contributed by atoms with Crippen molar-refractivity contribution in [2.24, 2.45) is 0 Å². The van der Waals surface area contributed by atoms with Gasteiger partial charge in [0, 0.05) is 25.6 Å². The summed E-state index contributed by atoms with van der Waals surface area (Å²) < 4.78 is 0. The number of amides is 4. The summed E-state index contributed by atoms with van der Waals surface area (Å²) in [5.74, 6) is -0.884. The fourth-order valence-electron chi connectivity index (χ4n) is 5.65. The Morgan fingerprint density at radius 1 is 0.950 bits per heavy atom. The lowest BCUT2D eigenvalue weighted by atomic mass is 9.98. The Morgan fingerprint density at radius 2 is 1.57 bits per heavy atom. The minimum Gasteiger partial charge on any atom is -0.343 e. The maximum Gasteiger partial charge on any atom is 0.247 e. The zero-order valence-corrected chi connectivity index (χ0v) is 23.6. The predicted molar refractivity (Wildman–Crippen MR) is 153 cm³/mol. The molecule has 2 aromatic carbocycles. The van der Waals surface area contributed by atoms with Gasteiger partial charge < -0.3 is 25.8 Å². The maximum atomic E-state index is 14.1. The Balaban J connectivity index is 1.60. The van der Waals surface area contributed by atoms with Gasteiger partial charge in [0.25, 0.3) is 0 Å². The number of rotatable bonds is 9. The van der Waals surface area contributed by atoms with Crippen molar-refractivity contribution in [3.05, 3.63) is 71.8 Å². The van der Waals surface area contributed by atoms with Crippen LogP contribution in [0.25, 0.3) is 0 Å². The minimum atomic E-state index is -0.931. The first-order valence-corrected chi connectivity index (χ1v) is 14.3. The van der Waals surface area contributed by atoms with Crippen LogP contribution in [0.1, 0.15) is 63.1 Å². The molecule has 4 amide bonds. The summed E-state index contributed by atoms with van der Waals surface area (Å²) >= 11 is 0. The van der Waals surface area contributed by atoms with Gasteiger partial charge in [0.1, 0.15) is 12.1 Å². The van der Waals surface area contributed by atoms with Gasteiger partial charge in [-0.1, -0.05) is 67.6 Å². The highest BCUT2D eigenvalue weighted by Crippen LogP contribution is 2.31. The highest BCUT2D eigenvalue weighted by Gasteiger charge is 2.45. The van der Waals surface area contributed by atoms with E-state index < -0.39 is 18.1 Å². The average Bonchev–Trinajstić information content (AvgIpc) is 3.40. The largest absolute Gasteiger partial charge is 0.343 e. The van der Waals surface area contributed by atoms with Gasteiger partial charge in [0.15, 0.2) is 0 Å². The predicted octanol–water partition coefficient (Wildman–Crippen LogP) is 2.38. The highest BCUT2D eigenvalue weighted by molar-refractivity contribution is 5.94. The third kappa shape index (κ3) is 6.70. The molecule has 0 radical (unpaired) electrons. The summed E-state index contributed by atoms with van der Waals surface area (Å²) in [5, 5.41) is 8.97. The molecule has 3 N–H and O–H groups in total. The third-order valence-corrected chi connectivity index (χ3v) is 8.00. The highest BCUT2D eigenvalue weighted by atomic mass is 16.2. The van der Waals surface area contributed by atoms with Crippen molar-refractivity contribution in [3.8, 4) is 0 Å². The third-order valence-electron chi connectivity index (χ3n) is 8.00. The van der Waals surface area contributed by atoms with Gasteiger partial charge in [-0.3, -0.25) is 19.2 Å². The molecule has 214 valence electrons. The molecule has 2 aromatic rings. The first-order valence-electron chi connectivity index (χ1n) is 14.3. The van der Waals surface area contributed by atoms with Gasteiger partial charge in [-0.2, -0.15) is 0 Å². The monoisotopic (exact) mass is 547 g/mol. The Hall–Kier alpha value is -3.72. The van der Waals surface area contributed by atoms with Crippen molar-refractivity contribution in [1.82, 2.24) is 25.8 Å². The summed E-state index contributed by atoms with van der Waals surface area (Å²) in [4.78, 5) is 57.0. The van der Waals surface area contributed by atoms with E-state index >= 15 is 0 Å². The molecule has 40 heavy (non-hydrogen) atoms. The molecular weight excluding hydrogens is 506 g/mol. The molecule has 2 saturated heterocycles. The molecule has 4 atom stereocenters. The van der Waals surface area contributed by atoms with E-state index in [0.29, 0.717) is 38.6 Å². The van der Waals surface area contributed by atoms with Crippen LogP contribution in [-0.2, 0) is 19.2 Å². The molecule has 0 bridgehead atoms. The molecular formula is C31H41N5O4. The van der Waals surface area contributed by atoms with Crippen molar-refractivity contribution in [2.75, 3.05) is 20.1 Å². The molecule has 0 unspecified atom stereocenters. The molecule has 2 fully saturated rings. The van der Waals surface area contributed by atoms with Crippen molar-refractivity contribution < 1.29 is 19.2 Å². The molecule has 2 heterocycles. The number of hydrogen-bond donors (Lipinski definition) is 3. The molecule has 2 aliphatic rings. The van der Waals surface area contributed by atoms with Crippen LogP contribution in [0.2, 0.25) is 0 Å². The number of hydrogen-bond acceptors (Lipinski definition) is 5. The van der Waals surface area contributed by atoms with Crippen LogP contribution >= 0.6 is 0 Å². The number of carbonyl (C=O) groups is 4. The SMILES string of the molecule is CCCC(=O)N1CC[C@H]2CC[C@@H](C(=O)NC(c3ccccc3)c3ccccc3)N2C(=O)[C@@H](NC(=O)[C@H](C)NC)C1. The first kappa shape index (κ1) is 29.3. The van der Waals surface area contributed by atoms with Gasteiger partial charge in [0.05, 0.1) is 12.1 Å². The van der Waals surface area contributed by atoms with E-state index in [4.69, 9.17) is 0 Å². The molecule has 2 aliphatic heterocycles. The topological polar surface area (TPSA) is 111 Å². The lowest BCUT2D eigenvalue weighted by Crippen LogP contribution is -2.62. The maximum absolute atomic E-state index is 14.1. The van der Waals surface area contributed by atoms with Crippen LogP contribution < -0.4 is 16.0 Å². The number of nitrogens with one attached hydrogen (secondary N) is 3. The zero-order valence-electron chi connectivity index (χ0n) is 23.6. The summed E-state index contributed by atoms with van der Waals surface area (Å²) in [6.07, 6.45) is 2.88. The van der Waals surface area contributed by atoms with Gasteiger partial charge in [-0.15, -0.1) is 0 Å². The molecule has 9 nitrogen and oxygen atoms in total. The van der Waals surface area contributed by atoms with Gasteiger partial charge in [-0.05, 0) is 50.8 Å². The number of carbonyl (C=O) groups excluding carboxylic acids is 4. The van der Waals surface area contributed by atoms with E-state index in [9.17, 15) is 19.2 Å². The van der Waals surface area contributed by atoms with Crippen molar-refractivity contribution >= 4 is 23.6 Å². The van der Waals surface area contributed by atoms with Gasteiger partial charge in [0.2, 0.25) is 23.6 Å².